The number of fused-ring (bicyclic) bond motifs is 1. The van der Waals surface area contributed by atoms with E-state index >= 15 is 0 Å². The van der Waals surface area contributed by atoms with Crippen LogP contribution in [0.15, 0.2) is 21.8 Å². The Morgan fingerprint density at radius 2 is 2.60 bits per heavy atom. The lowest BCUT2D eigenvalue weighted by Crippen LogP contribution is -2.37. The monoisotopic (exact) mass is 136 g/mol. The highest BCUT2D eigenvalue weighted by molar-refractivity contribution is 5.83. The van der Waals surface area contributed by atoms with Crippen LogP contribution in [0.1, 0.15) is 0 Å². The summed E-state index contributed by atoms with van der Waals surface area (Å²) in [7, 11) is 0. The van der Waals surface area contributed by atoms with Crippen molar-refractivity contribution < 1.29 is 0 Å². The molecule has 0 aromatic rings. The molecule has 0 fully saturated rings. The molecule has 2 heterocycles. The van der Waals surface area contributed by atoms with Crippen molar-refractivity contribution in [1.82, 2.24) is 10.6 Å². The Hall–Kier alpha value is -1.16. The first-order valence-electron chi connectivity index (χ1n) is 3.18. The van der Waals surface area contributed by atoms with Crippen molar-refractivity contribution in [3.05, 3.63) is 11.8 Å². The van der Waals surface area contributed by atoms with Crippen molar-refractivity contribution in [3.8, 4) is 0 Å². The van der Waals surface area contributed by atoms with Gasteiger partial charge in [-0.3, -0.25) is 15.3 Å². The van der Waals surface area contributed by atoms with Gasteiger partial charge in [-0.25, -0.2) is 0 Å². The molecule has 0 spiro atoms. The first-order chi connectivity index (χ1) is 4.97. The van der Waals surface area contributed by atoms with Gasteiger partial charge in [0.2, 0.25) is 0 Å². The molecule has 0 radical (unpaired) electrons. The lowest BCUT2D eigenvalue weighted by atomic mass is 10.2. The molecule has 0 amide bonds. The SMILES string of the molecule is C1=NCNC2N=CNC=C12. The molecule has 0 aliphatic carbocycles. The lowest BCUT2D eigenvalue weighted by molar-refractivity contribution is 0.597. The van der Waals surface area contributed by atoms with Crippen LogP contribution in [-0.4, -0.2) is 25.4 Å². The van der Waals surface area contributed by atoms with Gasteiger partial charge >= 0.3 is 0 Å². The Morgan fingerprint density at radius 3 is 3.50 bits per heavy atom. The van der Waals surface area contributed by atoms with Crippen LogP contribution in [0, 0.1) is 0 Å². The van der Waals surface area contributed by atoms with Gasteiger partial charge in [0.05, 0.1) is 13.0 Å². The molecule has 52 valence electrons. The van der Waals surface area contributed by atoms with Crippen LogP contribution in [0.25, 0.3) is 0 Å². The molecule has 1 atom stereocenters. The first-order valence-corrected chi connectivity index (χ1v) is 3.18. The van der Waals surface area contributed by atoms with Crippen molar-refractivity contribution in [2.24, 2.45) is 9.98 Å². The summed E-state index contributed by atoms with van der Waals surface area (Å²) in [5.74, 6) is 0. The number of nitrogens with one attached hydrogen (secondary N) is 2. The summed E-state index contributed by atoms with van der Waals surface area (Å²) in [4.78, 5) is 8.19. The number of nitrogens with zero attached hydrogens (tertiary/aromatic N) is 2. The highest BCUT2D eigenvalue weighted by atomic mass is 15.2. The third-order valence-electron chi connectivity index (χ3n) is 1.48. The van der Waals surface area contributed by atoms with Crippen LogP contribution >= 0.6 is 0 Å². The average molecular weight is 136 g/mol. The third-order valence-corrected chi connectivity index (χ3v) is 1.48. The molecule has 2 aliphatic rings. The van der Waals surface area contributed by atoms with E-state index in [0.29, 0.717) is 6.67 Å². The molecule has 4 nitrogen and oxygen atoms in total. The van der Waals surface area contributed by atoms with Crippen LogP contribution in [0.5, 0.6) is 0 Å². The van der Waals surface area contributed by atoms with E-state index in [1.54, 1.807) is 6.34 Å². The summed E-state index contributed by atoms with van der Waals surface area (Å²) < 4.78 is 0. The summed E-state index contributed by atoms with van der Waals surface area (Å²) in [5.41, 5.74) is 1.09. The van der Waals surface area contributed by atoms with E-state index in [4.69, 9.17) is 0 Å². The van der Waals surface area contributed by atoms with E-state index in [0.717, 1.165) is 5.57 Å². The van der Waals surface area contributed by atoms with Crippen molar-refractivity contribution in [3.63, 3.8) is 0 Å². The van der Waals surface area contributed by atoms with Gasteiger partial charge in [-0.2, -0.15) is 0 Å². The van der Waals surface area contributed by atoms with E-state index in [2.05, 4.69) is 20.6 Å². The largest absolute Gasteiger partial charge is 0.353 e. The molecule has 2 N–H and O–H groups in total. The molecule has 10 heavy (non-hydrogen) atoms. The van der Waals surface area contributed by atoms with Gasteiger partial charge in [-0.1, -0.05) is 0 Å². The molecule has 0 aromatic carbocycles. The summed E-state index contributed by atoms with van der Waals surface area (Å²) >= 11 is 0. The van der Waals surface area contributed by atoms with E-state index in [1.807, 2.05) is 12.4 Å². The maximum atomic E-state index is 4.14. The topological polar surface area (TPSA) is 48.8 Å². The maximum absolute atomic E-state index is 4.14. The van der Waals surface area contributed by atoms with Crippen LogP contribution < -0.4 is 10.6 Å². The minimum Gasteiger partial charge on any atom is -0.353 e. The molecule has 4 heteroatoms. The van der Waals surface area contributed by atoms with Crippen molar-refractivity contribution in [2.75, 3.05) is 6.67 Å². The molecule has 2 rings (SSSR count). The maximum Gasteiger partial charge on any atom is 0.131 e. The Labute approximate surface area is 58.8 Å². The molecule has 0 saturated carbocycles. The minimum absolute atomic E-state index is 0.124. The fourth-order valence-corrected chi connectivity index (χ4v) is 0.985. The highest BCUT2D eigenvalue weighted by Crippen LogP contribution is 2.05. The number of hydrogen-bond donors (Lipinski definition) is 2. The van der Waals surface area contributed by atoms with Gasteiger partial charge in [0.1, 0.15) is 6.17 Å². The molecule has 0 aromatic heterocycles. The van der Waals surface area contributed by atoms with Gasteiger partial charge in [0.25, 0.3) is 0 Å². The predicted octanol–water partition coefficient (Wildman–Crippen LogP) is -0.541. The summed E-state index contributed by atoms with van der Waals surface area (Å²) in [5, 5.41) is 6.02. The highest BCUT2D eigenvalue weighted by Gasteiger charge is 2.14. The molecule has 0 bridgehead atoms. The zero-order chi connectivity index (χ0) is 6.81. The third kappa shape index (κ3) is 0.823. The lowest BCUT2D eigenvalue weighted by Gasteiger charge is -2.20. The summed E-state index contributed by atoms with van der Waals surface area (Å²) in [6.07, 6.45) is 5.54. The van der Waals surface area contributed by atoms with Crippen LogP contribution in [0.4, 0.5) is 0 Å². The zero-order valence-corrected chi connectivity index (χ0v) is 5.41. The van der Waals surface area contributed by atoms with Crippen LogP contribution in [0.2, 0.25) is 0 Å². The molecular formula is C6H8N4. The second-order valence-electron chi connectivity index (χ2n) is 2.17. The van der Waals surface area contributed by atoms with Crippen molar-refractivity contribution in [2.45, 2.75) is 6.17 Å². The molecular weight excluding hydrogens is 128 g/mol. The summed E-state index contributed by atoms with van der Waals surface area (Å²) in [6.45, 7) is 0.666. The average Bonchev–Trinajstić information content (AvgIpc) is 2.05. The second-order valence-corrected chi connectivity index (χ2v) is 2.17. The zero-order valence-electron chi connectivity index (χ0n) is 5.41. The molecule has 2 aliphatic heterocycles. The second kappa shape index (κ2) is 2.22. The summed E-state index contributed by atoms with van der Waals surface area (Å²) in [6, 6.07) is 0. The van der Waals surface area contributed by atoms with Crippen molar-refractivity contribution >= 4 is 12.6 Å². The number of hydrogen-bond acceptors (Lipinski definition) is 4. The van der Waals surface area contributed by atoms with Gasteiger partial charge in [-0.15, -0.1) is 0 Å². The fraction of sp³-hybridized carbons (Fsp3) is 0.333. The fourth-order valence-electron chi connectivity index (χ4n) is 0.985. The molecule has 0 saturated heterocycles. The van der Waals surface area contributed by atoms with E-state index in [9.17, 15) is 0 Å². The van der Waals surface area contributed by atoms with Gasteiger partial charge in [0, 0.05) is 18.0 Å². The molecule has 1 unspecified atom stereocenters. The standard InChI is InChI=1S/C6H8N4/c1-5-2-8-4-10-6(5)9-3-7-1/h1-3,6,10H,4H2,(H,7,9). The van der Waals surface area contributed by atoms with Gasteiger partial charge in [-0.05, 0) is 0 Å². The van der Waals surface area contributed by atoms with E-state index in [-0.39, 0.29) is 6.17 Å². The first kappa shape index (κ1) is 5.61. The van der Waals surface area contributed by atoms with Gasteiger partial charge < -0.3 is 5.32 Å². The van der Waals surface area contributed by atoms with E-state index < -0.39 is 0 Å². The Kier molecular flexibility index (Phi) is 1.25. The Balaban J connectivity index is 2.26. The van der Waals surface area contributed by atoms with Crippen molar-refractivity contribution in [1.29, 1.82) is 0 Å². The number of aliphatic imine (C=N–C) groups is 2. The Morgan fingerprint density at radius 1 is 1.60 bits per heavy atom. The predicted molar refractivity (Wildman–Crippen MR) is 40.0 cm³/mol. The number of rotatable bonds is 0. The normalized spacial score (nSPS) is 28.8. The van der Waals surface area contributed by atoms with E-state index in [1.165, 1.54) is 0 Å². The minimum atomic E-state index is 0.124. The van der Waals surface area contributed by atoms with Gasteiger partial charge in [0.15, 0.2) is 0 Å². The quantitative estimate of drug-likeness (QED) is 0.470. The van der Waals surface area contributed by atoms with Crippen LogP contribution in [-0.2, 0) is 0 Å². The smallest absolute Gasteiger partial charge is 0.131 e. The Bertz CT molecular complexity index is 216. The van der Waals surface area contributed by atoms with Crippen LogP contribution in [0.3, 0.4) is 0 Å².